The predicted octanol–water partition coefficient (Wildman–Crippen LogP) is 2.44. The van der Waals surface area contributed by atoms with Crippen molar-refractivity contribution in [3.05, 3.63) is 35.1 Å². The number of halogens is 1. The third kappa shape index (κ3) is 4.57. The topological polar surface area (TPSA) is 55.1 Å². The van der Waals surface area contributed by atoms with Crippen molar-refractivity contribution in [3.63, 3.8) is 0 Å². The van der Waals surface area contributed by atoms with E-state index in [9.17, 15) is 9.18 Å². The Morgan fingerprint density at radius 2 is 2.29 bits per heavy atom. The summed E-state index contributed by atoms with van der Waals surface area (Å²) in [7, 11) is 0. The van der Waals surface area contributed by atoms with Gasteiger partial charge in [0.25, 0.3) is 5.91 Å². The second-order valence-corrected chi connectivity index (χ2v) is 5.45. The standard InChI is InChI=1S/C17H21FN2O/c1-2-15(10-12-5-6-12)20-17(21)16-11-14(18)8-7-13(16)4-3-9-19/h7-8,11-12,15H,2,5-6,9-10,19H2,1H3,(H,20,21). The Bertz CT molecular complexity index is 570. The highest BCUT2D eigenvalue weighted by atomic mass is 19.1. The second-order valence-electron chi connectivity index (χ2n) is 5.45. The lowest BCUT2D eigenvalue weighted by Gasteiger charge is -2.17. The number of nitrogens with two attached hydrogens (primary N) is 1. The maximum Gasteiger partial charge on any atom is 0.252 e. The second kappa shape index (κ2) is 7.24. The fourth-order valence-corrected chi connectivity index (χ4v) is 2.31. The molecule has 0 aliphatic heterocycles. The van der Waals surface area contributed by atoms with Crippen LogP contribution < -0.4 is 11.1 Å². The van der Waals surface area contributed by atoms with Crippen molar-refractivity contribution in [2.75, 3.05) is 6.54 Å². The van der Waals surface area contributed by atoms with Crippen LogP contribution in [-0.4, -0.2) is 18.5 Å². The normalized spacial score (nSPS) is 15.0. The highest BCUT2D eigenvalue weighted by molar-refractivity contribution is 5.97. The third-order valence-corrected chi connectivity index (χ3v) is 3.69. The lowest BCUT2D eigenvalue weighted by Crippen LogP contribution is -2.35. The smallest absolute Gasteiger partial charge is 0.252 e. The van der Waals surface area contributed by atoms with Gasteiger partial charge in [-0.3, -0.25) is 4.79 Å². The van der Waals surface area contributed by atoms with Gasteiger partial charge in [-0.15, -0.1) is 0 Å². The predicted molar refractivity (Wildman–Crippen MR) is 81.2 cm³/mol. The summed E-state index contributed by atoms with van der Waals surface area (Å²) in [5.41, 5.74) is 6.15. The van der Waals surface area contributed by atoms with Gasteiger partial charge >= 0.3 is 0 Å². The van der Waals surface area contributed by atoms with Crippen molar-refractivity contribution in [3.8, 4) is 11.8 Å². The minimum atomic E-state index is -0.436. The van der Waals surface area contributed by atoms with E-state index in [2.05, 4.69) is 17.2 Å². The van der Waals surface area contributed by atoms with Crippen LogP contribution in [0.2, 0.25) is 0 Å². The molecular formula is C17H21FN2O. The molecule has 4 heteroatoms. The van der Waals surface area contributed by atoms with Gasteiger partial charge < -0.3 is 11.1 Å². The molecule has 0 heterocycles. The zero-order chi connectivity index (χ0) is 15.2. The van der Waals surface area contributed by atoms with Crippen molar-refractivity contribution in [1.29, 1.82) is 0 Å². The van der Waals surface area contributed by atoms with Crippen molar-refractivity contribution >= 4 is 5.91 Å². The summed E-state index contributed by atoms with van der Waals surface area (Å²) < 4.78 is 13.4. The van der Waals surface area contributed by atoms with E-state index < -0.39 is 5.82 Å². The van der Waals surface area contributed by atoms with E-state index in [4.69, 9.17) is 5.73 Å². The fraction of sp³-hybridized carbons (Fsp3) is 0.471. The van der Waals surface area contributed by atoms with Gasteiger partial charge in [0.1, 0.15) is 5.82 Å². The number of hydrogen-bond acceptors (Lipinski definition) is 2. The summed E-state index contributed by atoms with van der Waals surface area (Å²) in [4.78, 5) is 12.4. The zero-order valence-corrected chi connectivity index (χ0v) is 12.3. The molecule has 21 heavy (non-hydrogen) atoms. The molecule has 1 aliphatic rings. The Balaban J connectivity index is 2.14. The number of amides is 1. The Morgan fingerprint density at radius 1 is 1.52 bits per heavy atom. The van der Waals surface area contributed by atoms with Gasteiger partial charge in [-0.2, -0.15) is 0 Å². The summed E-state index contributed by atoms with van der Waals surface area (Å²) >= 11 is 0. The van der Waals surface area contributed by atoms with Gasteiger partial charge in [0.2, 0.25) is 0 Å². The number of benzene rings is 1. The van der Waals surface area contributed by atoms with E-state index >= 15 is 0 Å². The molecular weight excluding hydrogens is 267 g/mol. The fourth-order valence-electron chi connectivity index (χ4n) is 2.31. The molecule has 2 rings (SSSR count). The molecule has 112 valence electrons. The van der Waals surface area contributed by atoms with Gasteiger partial charge in [-0.25, -0.2) is 4.39 Å². The molecule has 1 fully saturated rings. The first kappa shape index (κ1) is 15.5. The maximum absolute atomic E-state index is 13.4. The van der Waals surface area contributed by atoms with Gasteiger partial charge in [0, 0.05) is 11.6 Å². The summed E-state index contributed by atoms with van der Waals surface area (Å²) in [6.45, 7) is 2.26. The van der Waals surface area contributed by atoms with Crippen LogP contribution in [0, 0.1) is 23.6 Å². The van der Waals surface area contributed by atoms with E-state index in [0.29, 0.717) is 5.56 Å². The highest BCUT2D eigenvalue weighted by Gasteiger charge is 2.26. The zero-order valence-electron chi connectivity index (χ0n) is 12.3. The Labute approximate surface area is 125 Å². The first-order chi connectivity index (χ1) is 10.1. The molecule has 1 aromatic rings. The minimum Gasteiger partial charge on any atom is -0.349 e. The molecule has 3 nitrogen and oxygen atoms in total. The summed E-state index contributed by atoms with van der Waals surface area (Å²) in [5, 5.41) is 2.99. The molecule has 1 saturated carbocycles. The number of rotatable bonds is 5. The third-order valence-electron chi connectivity index (χ3n) is 3.69. The number of carbonyl (C=O) groups is 1. The van der Waals surface area contributed by atoms with Crippen LogP contribution >= 0.6 is 0 Å². The monoisotopic (exact) mass is 288 g/mol. The molecule has 0 radical (unpaired) electrons. The summed E-state index contributed by atoms with van der Waals surface area (Å²) in [5.74, 6) is 5.57. The average Bonchev–Trinajstić information content (AvgIpc) is 3.29. The van der Waals surface area contributed by atoms with E-state index in [0.717, 1.165) is 18.8 Å². The van der Waals surface area contributed by atoms with E-state index in [1.807, 2.05) is 6.92 Å². The number of nitrogens with one attached hydrogen (secondary N) is 1. The van der Waals surface area contributed by atoms with E-state index in [1.165, 1.54) is 31.0 Å². The molecule has 1 amide bonds. The molecule has 1 atom stereocenters. The number of hydrogen-bond donors (Lipinski definition) is 2. The van der Waals surface area contributed by atoms with Crippen molar-refractivity contribution < 1.29 is 9.18 Å². The Hall–Kier alpha value is -1.86. The SMILES string of the molecule is CCC(CC1CC1)NC(=O)c1cc(F)ccc1C#CCN. The molecule has 0 spiro atoms. The van der Waals surface area contributed by atoms with Crippen LogP contribution in [0.25, 0.3) is 0 Å². The van der Waals surface area contributed by atoms with Gasteiger partial charge in [-0.05, 0) is 37.0 Å². The van der Waals surface area contributed by atoms with Crippen LogP contribution in [0.5, 0.6) is 0 Å². The molecule has 1 aromatic carbocycles. The van der Waals surface area contributed by atoms with Crippen molar-refractivity contribution in [1.82, 2.24) is 5.32 Å². The highest BCUT2D eigenvalue weighted by Crippen LogP contribution is 2.34. The van der Waals surface area contributed by atoms with Crippen molar-refractivity contribution in [2.24, 2.45) is 11.7 Å². The molecule has 0 bridgehead atoms. The Morgan fingerprint density at radius 3 is 2.90 bits per heavy atom. The van der Waals surface area contributed by atoms with E-state index in [-0.39, 0.29) is 24.1 Å². The van der Waals surface area contributed by atoms with Crippen LogP contribution in [0.4, 0.5) is 4.39 Å². The molecule has 0 saturated heterocycles. The average molecular weight is 288 g/mol. The lowest BCUT2D eigenvalue weighted by atomic mass is 10.0. The largest absolute Gasteiger partial charge is 0.349 e. The summed E-state index contributed by atoms with van der Waals surface area (Å²) in [6, 6.07) is 4.20. The van der Waals surface area contributed by atoms with Crippen LogP contribution in [0.1, 0.15) is 48.5 Å². The van der Waals surface area contributed by atoms with Gasteiger partial charge in [0.05, 0.1) is 12.1 Å². The first-order valence-corrected chi connectivity index (χ1v) is 7.43. The first-order valence-electron chi connectivity index (χ1n) is 7.43. The van der Waals surface area contributed by atoms with Crippen LogP contribution in [0.15, 0.2) is 18.2 Å². The van der Waals surface area contributed by atoms with Crippen LogP contribution in [-0.2, 0) is 0 Å². The Kier molecular flexibility index (Phi) is 5.35. The number of carbonyl (C=O) groups excluding carboxylic acids is 1. The summed E-state index contributed by atoms with van der Waals surface area (Å²) in [6.07, 6.45) is 4.38. The van der Waals surface area contributed by atoms with Crippen molar-refractivity contribution in [2.45, 2.75) is 38.6 Å². The van der Waals surface area contributed by atoms with Gasteiger partial charge in [-0.1, -0.05) is 31.6 Å². The lowest BCUT2D eigenvalue weighted by molar-refractivity contribution is 0.0932. The minimum absolute atomic E-state index is 0.142. The van der Waals surface area contributed by atoms with E-state index in [1.54, 1.807) is 0 Å². The molecule has 0 aromatic heterocycles. The molecule has 1 aliphatic carbocycles. The quantitative estimate of drug-likeness (QED) is 0.818. The van der Waals surface area contributed by atoms with Gasteiger partial charge in [0.15, 0.2) is 0 Å². The molecule has 3 N–H and O–H groups in total. The maximum atomic E-state index is 13.4. The van der Waals surface area contributed by atoms with Crippen LogP contribution in [0.3, 0.4) is 0 Å². The molecule has 1 unspecified atom stereocenters.